The standard InChI is InChI=1S/C20H34N2O/c1-6-11-22-13-18(21)9-10-19(20(3,4)5)16-8-7-15(2)17(12-16)14-23/h7-8,12-13,19,22-23H,6,9-11,14,21H2,1-5H3/b18-13-. The molecule has 0 aliphatic carbocycles. The van der Waals surface area contributed by atoms with Crippen molar-refractivity contribution in [2.45, 2.75) is 66.4 Å². The van der Waals surface area contributed by atoms with Crippen molar-refractivity contribution >= 4 is 0 Å². The predicted molar refractivity (Wildman–Crippen MR) is 99.1 cm³/mol. The molecule has 1 aromatic rings. The molecule has 0 aliphatic heterocycles. The zero-order valence-electron chi connectivity index (χ0n) is 15.4. The summed E-state index contributed by atoms with van der Waals surface area (Å²) >= 11 is 0. The van der Waals surface area contributed by atoms with Crippen molar-refractivity contribution < 1.29 is 5.11 Å². The minimum atomic E-state index is 0.0967. The van der Waals surface area contributed by atoms with E-state index >= 15 is 0 Å². The van der Waals surface area contributed by atoms with Gasteiger partial charge in [-0.2, -0.15) is 0 Å². The number of hydrogen-bond donors (Lipinski definition) is 3. The lowest BCUT2D eigenvalue weighted by Crippen LogP contribution is -2.20. The number of aliphatic hydroxyl groups excluding tert-OH is 1. The molecule has 0 fully saturated rings. The Morgan fingerprint density at radius 3 is 2.61 bits per heavy atom. The van der Waals surface area contributed by atoms with Gasteiger partial charge in [-0.05, 0) is 54.2 Å². The molecule has 4 N–H and O–H groups in total. The third-order valence-corrected chi connectivity index (χ3v) is 4.39. The van der Waals surface area contributed by atoms with Crippen molar-refractivity contribution in [1.29, 1.82) is 0 Å². The van der Waals surface area contributed by atoms with Crippen LogP contribution in [0, 0.1) is 12.3 Å². The van der Waals surface area contributed by atoms with Crippen LogP contribution in [0.25, 0.3) is 0 Å². The van der Waals surface area contributed by atoms with E-state index in [9.17, 15) is 5.11 Å². The molecule has 0 aliphatic rings. The van der Waals surface area contributed by atoms with Gasteiger partial charge in [-0.3, -0.25) is 0 Å². The van der Waals surface area contributed by atoms with E-state index in [1.54, 1.807) is 0 Å². The Bertz CT molecular complexity index is 515. The lowest BCUT2D eigenvalue weighted by molar-refractivity contribution is 0.279. The van der Waals surface area contributed by atoms with Gasteiger partial charge in [0, 0.05) is 18.4 Å². The van der Waals surface area contributed by atoms with Crippen molar-refractivity contribution in [1.82, 2.24) is 5.32 Å². The van der Waals surface area contributed by atoms with Crippen LogP contribution in [0.1, 0.15) is 69.6 Å². The monoisotopic (exact) mass is 318 g/mol. The lowest BCUT2D eigenvalue weighted by atomic mass is 9.73. The number of rotatable bonds is 8. The van der Waals surface area contributed by atoms with Crippen LogP contribution < -0.4 is 11.1 Å². The molecule has 3 heteroatoms. The highest BCUT2D eigenvalue weighted by atomic mass is 16.3. The number of nitrogens with two attached hydrogens (primary N) is 1. The summed E-state index contributed by atoms with van der Waals surface area (Å²) in [6.07, 6.45) is 4.92. The van der Waals surface area contributed by atoms with Gasteiger partial charge in [0.1, 0.15) is 0 Å². The SMILES string of the molecule is CCCN/C=C(\N)CCC(c1ccc(C)c(CO)c1)C(C)(C)C. The van der Waals surface area contributed by atoms with Crippen LogP contribution in [0.5, 0.6) is 0 Å². The number of allylic oxidation sites excluding steroid dienone is 1. The van der Waals surface area contributed by atoms with Crippen LogP contribution in [-0.4, -0.2) is 11.7 Å². The molecule has 0 amide bonds. The molecule has 3 nitrogen and oxygen atoms in total. The van der Waals surface area contributed by atoms with Gasteiger partial charge in [0.05, 0.1) is 6.61 Å². The van der Waals surface area contributed by atoms with Crippen molar-refractivity contribution in [3.05, 3.63) is 46.8 Å². The molecule has 23 heavy (non-hydrogen) atoms. The molecule has 1 rings (SSSR count). The summed E-state index contributed by atoms with van der Waals surface area (Å²) < 4.78 is 0. The van der Waals surface area contributed by atoms with Gasteiger partial charge in [0.15, 0.2) is 0 Å². The second kappa shape index (κ2) is 8.97. The smallest absolute Gasteiger partial charge is 0.0684 e. The zero-order chi connectivity index (χ0) is 17.5. The first kappa shape index (κ1) is 19.6. The van der Waals surface area contributed by atoms with Crippen LogP contribution in [0.15, 0.2) is 30.1 Å². The number of nitrogens with one attached hydrogen (secondary N) is 1. The molecule has 1 atom stereocenters. The summed E-state index contributed by atoms with van der Waals surface area (Å²) in [5, 5.41) is 12.8. The highest BCUT2D eigenvalue weighted by Crippen LogP contribution is 2.39. The summed E-state index contributed by atoms with van der Waals surface area (Å²) in [6.45, 7) is 12.0. The Morgan fingerprint density at radius 1 is 1.35 bits per heavy atom. The molecule has 0 aromatic heterocycles. The molecular weight excluding hydrogens is 284 g/mol. The lowest BCUT2D eigenvalue weighted by Gasteiger charge is -2.32. The minimum Gasteiger partial charge on any atom is -0.401 e. The van der Waals surface area contributed by atoms with Gasteiger partial charge in [0.2, 0.25) is 0 Å². The minimum absolute atomic E-state index is 0.0967. The van der Waals surface area contributed by atoms with Gasteiger partial charge in [0.25, 0.3) is 0 Å². The molecule has 1 unspecified atom stereocenters. The second-order valence-corrected chi connectivity index (χ2v) is 7.47. The topological polar surface area (TPSA) is 58.3 Å². The highest BCUT2D eigenvalue weighted by molar-refractivity contribution is 5.33. The van der Waals surface area contributed by atoms with Crippen LogP contribution in [0.2, 0.25) is 0 Å². The first-order valence-electron chi connectivity index (χ1n) is 8.67. The van der Waals surface area contributed by atoms with Gasteiger partial charge in [-0.1, -0.05) is 45.9 Å². The van der Waals surface area contributed by atoms with E-state index < -0.39 is 0 Å². The second-order valence-electron chi connectivity index (χ2n) is 7.47. The molecule has 0 heterocycles. The summed E-state index contributed by atoms with van der Waals surface area (Å²) in [6, 6.07) is 6.46. The third kappa shape index (κ3) is 6.26. The Hall–Kier alpha value is -1.48. The molecule has 130 valence electrons. The summed E-state index contributed by atoms with van der Waals surface area (Å²) in [5.41, 5.74) is 10.6. The molecule has 1 aromatic carbocycles. The molecule has 0 bridgehead atoms. The van der Waals surface area contributed by atoms with Gasteiger partial charge in [-0.15, -0.1) is 0 Å². The summed E-state index contributed by atoms with van der Waals surface area (Å²) in [4.78, 5) is 0. The molecule has 0 saturated heterocycles. The quantitative estimate of drug-likeness (QED) is 0.630. The number of aryl methyl sites for hydroxylation is 1. The third-order valence-electron chi connectivity index (χ3n) is 4.39. The first-order chi connectivity index (χ1) is 10.8. The van der Waals surface area contributed by atoms with Crippen LogP contribution >= 0.6 is 0 Å². The maximum absolute atomic E-state index is 9.53. The van der Waals surface area contributed by atoms with Crippen molar-refractivity contribution in [2.75, 3.05) is 6.54 Å². The van der Waals surface area contributed by atoms with E-state index in [1.807, 2.05) is 13.1 Å². The van der Waals surface area contributed by atoms with Crippen LogP contribution in [0.4, 0.5) is 0 Å². The van der Waals surface area contributed by atoms with Gasteiger partial charge >= 0.3 is 0 Å². The maximum atomic E-state index is 9.53. The van der Waals surface area contributed by atoms with E-state index in [0.717, 1.165) is 42.6 Å². The van der Waals surface area contributed by atoms with Crippen molar-refractivity contribution in [2.24, 2.45) is 11.1 Å². The van der Waals surface area contributed by atoms with E-state index in [1.165, 1.54) is 5.56 Å². The number of benzene rings is 1. The van der Waals surface area contributed by atoms with E-state index in [2.05, 4.69) is 51.2 Å². The molecule has 0 spiro atoms. The first-order valence-corrected chi connectivity index (χ1v) is 8.67. The normalized spacial score (nSPS) is 13.9. The highest BCUT2D eigenvalue weighted by Gasteiger charge is 2.26. The van der Waals surface area contributed by atoms with Crippen LogP contribution in [-0.2, 0) is 6.61 Å². The van der Waals surface area contributed by atoms with E-state index in [4.69, 9.17) is 5.73 Å². The Kier molecular flexibility index (Phi) is 7.63. The maximum Gasteiger partial charge on any atom is 0.0684 e. The molecular formula is C20H34N2O. The predicted octanol–water partition coefficient (Wildman–Crippen LogP) is 4.20. The zero-order valence-corrected chi connectivity index (χ0v) is 15.4. The average Bonchev–Trinajstić information content (AvgIpc) is 2.48. The number of aliphatic hydroxyl groups is 1. The van der Waals surface area contributed by atoms with Gasteiger partial charge in [-0.25, -0.2) is 0 Å². The fourth-order valence-corrected chi connectivity index (χ4v) is 2.91. The van der Waals surface area contributed by atoms with Gasteiger partial charge < -0.3 is 16.2 Å². The average molecular weight is 319 g/mol. The molecule has 0 saturated carbocycles. The molecule has 0 radical (unpaired) electrons. The Labute approximate surface area is 142 Å². The summed E-state index contributed by atoms with van der Waals surface area (Å²) in [5.74, 6) is 0.409. The number of hydrogen-bond acceptors (Lipinski definition) is 3. The van der Waals surface area contributed by atoms with Crippen LogP contribution in [0.3, 0.4) is 0 Å². The largest absolute Gasteiger partial charge is 0.401 e. The Balaban J connectivity index is 2.88. The fraction of sp³-hybridized carbons (Fsp3) is 0.600. The van der Waals surface area contributed by atoms with Crippen molar-refractivity contribution in [3.8, 4) is 0 Å². The van der Waals surface area contributed by atoms with E-state index in [0.29, 0.717) is 5.92 Å². The summed E-state index contributed by atoms with van der Waals surface area (Å²) in [7, 11) is 0. The Morgan fingerprint density at radius 2 is 2.04 bits per heavy atom. The van der Waals surface area contributed by atoms with Crippen molar-refractivity contribution in [3.63, 3.8) is 0 Å². The fourth-order valence-electron chi connectivity index (χ4n) is 2.91. The van der Waals surface area contributed by atoms with E-state index in [-0.39, 0.29) is 12.0 Å².